The van der Waals surface area contributed by atoms with E-state index >= 15 is 0 Å². The monoisotopic (exact) mass is 297 g/mol. The zero-order chi connectivity index (χ0) is 15.7. The first kappa shape index (κ1) is 17.8. The van der Waals surface area contributed by atoms with Crippen molar-refractivity contribution in [3.63, 3.8) is 0 Å². The van der Waals surface area contributed by atoms with E-state index in [2.05, 4.69) is 29.1 Å². The first-order valence-corrected chi connectivity index (χ1v) is 8.28. The van der Waals surface area contributed by atoms with Gasteiger partial charge in [0.2, 0.25) is 0 Å². The molecule has 5 heteroatoms. The maximum absolute atomic E-state index is 11.8. The standard InChI is InChI=1S/C16H31N3O2/c1-5-13(6-2)12-18-16(17-4)19-10-8-14(9-11-19)15(20)21-7-3/h13-14H,5-12H2,1-4H3,(H,17,18). The number of likely N-dealkylation sites (tertiary alicyclic amines) is 1. The Morgan fingerprint density at radius 3 is 2.38 bits per heavy atom. The van der Waals surface area contributed by atoms with Crippen LogP contribution < -0.4 is 5.32 Å². The molecule has 0 amide bonds. The molecule has 1 N–H and O–H groups in total. The van der Waals surface area contributed by atoms with Crippen molar-refractivity contribution in [2.24, 2.45) is 16.8 Å². The predicted molar refractivity (Wildman–Crippen MR) is 86.4 cm³/mol. The molecule has 0 unspecified atom stereocenters. The van der Waals surface area contributed by atoms with E-state index in [0.29, 0.717) is 12.5 Å². The lowest BCUT2D eigenvalue weighted by molar-refractivity contribution is -0.149. The molecule has 0 aromatic heterocycles. The van der Waals surface area contributed by atoms with E-state index < -0.39 is 0 Å². The van der Waals surface area contributed by atoms with Crippen molar-refractivity contribution in [3.8, 4) is 0 Å². The van der Waals surface area contributed by atoms with Crippen LogP contribution in [-0.4, -0.2) is 50.1 Å². The van der Waals surface area contributed by atoms with Gasteiger partial charge in [0.1, 0.15) is 0 Å². The van der Waals surface area contributed by atoms with Gasteiger partial charge in [-0.3, -0.25) is 9.79 Å². The van der Waals surface area contributed by atoms with Gasteiger partial charge < -0.3 is 15.0 Å². The molecular formula is C16H31N3O2. The Kier molecular flexibility index (Phi) is 8.16. The molecule has 5 nitrogen and oxygen atoms in total. The van der Waals surface area contributed by atoms with Crippen LogP contribution in [-0.2, 0) is 9.53 Å². The molecule has 1 fully saturated rings. The zero-order valence-electron chi connectivity index (χ0n) is 14.0. The number of carbonyl (C=O) groups excluding carboxylic acids is 1. The highest BCUT2D eigenvalue weighted by atomic mass is 16.5. The van der Waals surface area contributed by atoms with Gasteiger partial charge in [-0.25, -0.2) is 0 Å². The van der Waals surface area contributed by atoms with Crippen LogP contribution >= 0.6 is 0 Å². The van der Waals surface area contributed by atoms with Crippen LogP contribution in [0.25, 0.3) is 0 Å². The molecule has 0 aromatic rings. The van der Waals surface area contributed by atoms with Crippen LogP contribution in [0.2, 0.25) is 0 Å². The smallest absolute Gasteiger partial charge is 0.309 e. The summed E-state index contributed by atoms with van der Waals surface area (Å²) in [5, 5.41) is 3.47. The van der Waals surface area contributed by atoms with Crippen LogP contribution in [0.4, 0.5) is 0 Å². The highest BCUT2D eigenvalue weighted by molar-refractivity contribution is 5.80. The van der Waals surface area contributed by atoms with E-state index in [1.165, 1.54) is 12.8 Å². The maximum atomic E-state index is 11.8. The van der Waals surface area contributed by atoms with Crippen molar-refractivity contribution >= 4 is 11.9 Å². The van der Waals surface area contributed by atoms with E-state index in [9.17, 15) is 4.79 Å². The zero-order valence-corrected chi connectivity index (χ0v) is 14.0. The molecule has 0 atom stereocenters. The SMILES string of the molecule is CCOC(=O)C1CCN(C(=NC)NCC(CC)CC)CC1. The van der Waals surface area contributed by atoms with Crippen LogP contribution in [0.1, 0.15) is 46.5 Å². The highest BCUT2D eigenvalue weighted by Gasteiger charge is 2.27. The van der Waals surface area contributed by atoms with Crippen LogP contribution in [0.3, 0.4) is 0 Å². The molecule has 0 aromatic carbocycles. The van der Waals surface area contributed by atoms with Gasteiger partial charge >= 0.3 is 5.97 Å². The molecule has 1 aliphatic rings. The number of nitrogens with one attached hydrogen (secondary N) is 1. The van der Waals surface area contributed by atoms with E-state index in [4.69, 9.17) is 4.74 Å². The lowest BCUT2D eigenvalue weighted by Gasteiger charge is -2.33. The third-order valence-corrected chi connectivity index (χ3v) is 4.33. The summed E-state index contributed by atoms with van der Waals surface area (Å²) >= 11 is 0. The number of nitrogens with zero attached hydrogens (tertiary/aromatic N) is 2. The summed E-state index contributed by atoms with van der Waals surface area (Å²) < 4.78 is 5.11. The average Bonchev–Trinajstić information content (AvgIpc) is 2.52. The summed E-state index contributed by atoms with van der Waals surface area (Å²) in [5.74, 6) is 1.67. The molecular weight excluding hydrogens is 266 g/mol. The Balaban J connectivity index is 2.42. The molecule has 1 heterocycles. The number of hydrogen-bond acceptors (Lipinski definition) is 3. The van der Waals surface area contributed by atoms with Gasteiger partial charge in [-0.15, -0.1) is 0 Å². The number of hydrogen-bond donors (Lipinski definition) is 1. The van der Waals surface area contributed by atoms with Crippen molar-refractivity contribution in [3.05, 3.63) is 0 Å². The van der Waals surface area contributed by atoms with E-state index in [0.717, 1.165) is 38.4 Å². The molecule has 1 saturated heterocycles. The Morgan fingerprint density at radius 1 is 1.29 bits per heavy atom. The van der Waals surface area contributed by atoms with E-state index in [1.54, 1.807) is 0 Å². The highest BCUT2D eigenvalue weighted by Crippen LogP contribution is 2.18. The molecule has 21 heavy (non-hydrogen) atoms. The molecule has 0 radical (unpaired) electrons. The normalized spacial score (nSPS) is 17.2. The van der Waals surface area contributed by atoms with Crippen LogP contribution in [0.5, 0.6) is 0 Å². The number of rotatable bonds is 6. The second kappa shape index (κ2) is 9.64. The van der Waals surface area contributed by atoms with Crippen molar-refractivity contribution < 1.29 is 9.53 Å². The summed E-state index contributed by atoms with van der Waals surface area (Å²) in [6, 6.07) is 0. The number of carbonyl (C=O) groups is 1. The largest absolute Gasteiger partial charge is 0.466 e. The van der Waals surface area contributed by atoms with Crippen molar-refractivity contribution in [2.45, 2.75) is 46.5 Å². The maximum Gasteiger partial charge on any atom is 0.309 e. The third kappa shape index (κ3) is 5.56. The van der Waals surface area contributed by atoms with Crippen molar-refractivity contribution in [1.29, 1.82) is 0 Å². The van der Waals surface area contributed by atoms with E-state index in [-0.39, 0.29) is 11.9 Å². The fraction of sp³-hybridized carbons (Fsp3) is 0.875. The first-order chi connectivity index (χ1) is 10.2. The van der Waals surface area contributed by atoms with Gasteiger partial charge in [-0.2, -0.15) is 0 Å². The molecule has 1 rings (SSSR count). The minimum Gasteiger partial charge on any atom is -0.466 e. The second-order valence-corrected chi connectivity index (χ2v) is 5.62. The quantitative estimate of drug-likeness (QED) is 0.464. The Hall–Kier alpha value is -1.26. The molecule has 122 valence electrons. The predicted octanol–water partition coefficient (Wildman–Crippen LogP) is 2.27. The van der Waals surface area contributed by atoms with Gasteiger partial charge in [0.15, 0.2) is 5.96 Å². The third-order valence-electron chi connectivity index (χ3n) is 4.33. The number of esters is 1. The summed E-state index contributed by atoms with van der Waals surface area (Å²) in [5.41, 5.74) is 0. The molecule has 1 aliphatic heterocycles. The van der Waals surface area contributed by atoms with Gasteiger partial charge in [0.05, 0.1) is 12.5 Å². The van der Waals surface area contributed by atoms with Gasteiger partial charge in [0, 0.05) is 26.7 Å². The molecule has 0 spiro atoms. The van der Waals surface area contributed by atoms with Crippen molar-refractivity contribution in [1.82, 2.24) is 10.2 Å². The average molecular weight is 297 g/mol. The minimum atomic E-state index is -0.0443. The van der Waals surface area contributed by atoms with Gasteiger partial charge in [0.25, 0.3) is 0 Å². The number of guanidine groups is 1. The Labute approximate surface area is 129 Å². The number of ether oxygens (including phenoxy) is 1. The Morgan fingerprint density at radius 2 is 1.90 bits per heavy atom. The summed E-state index contributed by atoms with van der Waals surface area (Å²) in [6.07, 6.45) is 4.08. The lowest BCUT2D eigenvalue weighted by Crippen LogP contribution is -2.47. The number of aliphatic imine (C=N–C) groups is 1. The fourth-order valence-electron chi connectivity index (χ4n) is 2.73. The van der Waals surface area contributed by atoms with Crippen molar-refractivity contribution in [2.75, 3.05) is 33.3 Å². The fourth-order valence-corrected chi connectivity index (χ4v) is 2.73. The van der Waals surface area contributed by atoms with E-state index in [1.807, 2.05) is 14.0 Å². The van der Waals surface area contributed by atoms with Gasteiger partial charge in [-0.1, -0.05) is 26.7 Å². The van der Waals surface area contributed by atoms with Crippen LogP contribution in [0, 0.1) is 11.8 Å². The van der Waals surface area contributed by atoms with Crippen LogP contribution in [0.15, 0.2) is 4.99 Å². The first-order valence-electron chi connectivity index (χ1n) is 8.28. The molecule has 0 bridgehead atoms. The topological polar surface area (TPSA) is 53.9 Å². The minimum absolute atomic E-state index is 0.0443. The van der Waals surface area contributed by atoms with Gasteiger partial charge in [-0.05, 0) is 25.7 Å². The summed E-state index contributed by atoms with van der Waals surface area (Å²) in [7, 11) is 1.83. The Bertz CT molecular complexity index is 332. The molecule has 0 saturated carbocycles. The molecule has 0 aliphatic carbocycles. The summed E-state index contributed by atoms with van der Waals surface area (Å²) in [6.45, 7) is 9.48. The summed E-state index contributed by atoms with van der Waals surface area (Å²) in [4.78, 5) is 18.4. The number of piperidine rings is 1. The second-order valence-electron chi connectivity index (χ2n) is 5.62. The lowest BCUT2D eigenvalue weighted by atomic mass is 9.97.